The van der Waals surface area contributed by atoms with Crippen LogP contribution in [0.3, 0.4) is 0 Å². The van der Waals surface area contributed by atoms with E-state index in [-0.39, 0.29) is 6.29 Å². The van der Waals surface area contributed by atoms with Gasteiger partial charge in [-0.25, -0.2) is 0 Å². The second-order valence-electron chi connectivity index (χ2n) is 2.48. The van der Waals surface area contributed by atoms with Crippen LogP contribution in [0, 0.1) is 0 Å². The van der Waals surface area contributed by atoms with Gasteiger partial charge in [-0.2, -0.15) is 0 Å². The summed E-state index contributed by atoms with van der Waals surface area (Å²) in [5, 5.41) is 0. The Bertz CT molecular complexity index is 56.9. The minimum absolute atomic E-state index is 0.0370. The summed E-state index contributed by atoms with van der Waals surface area (Å²) < 4.78 is 10.1. The highest BCUT2D eigenvalue weighted by Gasteiger charge is 1.94. The van der Waals surface area contributed by atoms with Crippen LogP contribution in [0.2, 0.25) is 0 Å². The summed E-state index contributed by atoms with van der Waals surface area (Å²) in [7, 11) is 0. The van der Waals surface area contributed by atoms with Crippen LogP contribution in [-0.4, -0.2) is 19.5 Å². The van der Waals surface area contributed by atoms with E-state index in [1.807, 2.05) is 20.8 Å². The van der Waals surface area contributed by atoms with Gasteiger partial charge in [0.2, 0.25) is 0 Å². The van der Waals surface area contributed by atoms with Gasteiger partial charge in [-0.3, -0.25) is 0 Å². The lowest BCUT2D eigenvalue weighted by Crippen LogP contribution is -2.11. The minimum Gasteiger partial charge on any atom is -0.353 e. The lowest BCUT2D eigenvalue weighted by atomic mass is 10.4. The van der Waals surface area contributed by atoms with Crippen LogP contribution in [-0.2, 0) is 9.47 Å². The minimum atomic E-state index is -0.0370. The van der Waals surface area contributed by atoms with Gasteiger partial charge in [0, 0.05) is 13.2 Å². The fourth-order valence-corrected chi connectivity index (χ4v) is 0.518. The van der Waals surface area contributed by atoms with Crippen molar-refractivity contribution < 1.29 is 9.47 Å². The molecule has 0 fully saturated rings. The molecule has 0 N–H and O–H groups in total. The van der Waals surface area contributed by atoms with E-state index in [9.17, 15) is 0 Å². The molecule has 76 valence electrons. The Balaban J connectivity index is 0. The summed E-state index contributed by atoms with van der Waals surface area (Å²) in [5.41, 5.74) is 0. The predicted octanol–water partition coefficient (Wildman–Crippen LogP) is 3.21. The molecule has 0 aliphatic carbocycles. The molecule has 0 aromatic heterocycles. The Morgan fingerprint density at radius 3 is 1.33 bits per heavy atom. The average Bonchev–Trinajstić information content (AvgIpc) is 2.06. The number of hydrogen-bond acceptors (Lipinski definition) is 2. The molecule has 0 saturated carbocycles. The van der Waals surface area contributed by atoms with Crippen LogP contribution in [0.5, 0.6) is 0 Å². The van der Waals surface area contributed by atoms with E-state index in [4.69, 9.17) is 9.47 Å². The van der Waals surface area contributed by atoms with Gasteiger partial charge < -0.3 is 9.47 Å². The third-order valence-corrected chi connectivity index (χ3v) is 1.30. The SMILES string of the molecule is CCCC.CCOC(C)OCC. The standard InChI is InChI=1S/C6H14O2.C4H10/c1-4-7-6(3)8-5-2;1-3-4-2/h6H,4-5H2,1-3H3;3-4H2,1-2H3. The van der Waals surface area contributed by atoms with E-state index < -0.39 is 0 Å². The highest BCUT2D eigenvalue weighted by atomic mass is 16.7. The molecule has 0 amide bonds. The fourth-order valence-electron chi connectivity index (χ4n) is 0.518. The highest BCUT2D eigenvalue weighted by molar-refractivity contribution is 4.26. The van der Waals surface area contributed by atoms with Crippen LogP contribution in [0.25, 0.3) is 0 Å². The van der Waals surface area contributed by atoms with Crippen molar-refractivity contribution in [2.45, 2.75) is 53.8 Å². The third kappa shape index (κ3) is 16.5. The molecule has 0 radical (unpaired) electrons. The molecule has 0 rings (SSSR count). The summed E-state index contributed by atoms with van der Waals surface area (Å²) in [6.45, 7) is 11.6. The summed E-state index contributed by atoms with van der Waals surface area (Å²) in [6.07, 6.45) is 2.60. The first kappa shape index (κ1) is 14.4. The van der Waals surface area contributed by atoms with Crippen molar-refractivity contribution in [3.63, 3.8) is 0 Å². The molecule has 2 nitrogen and oxygen atoms in total. The molecule has 2 heteroatoms. The van der Waals surface area contributed by atoms with Gasteiger partial charge in [-0.1, -0.05) is 26.7 Å². The second kappa shape index (κ2) is 13.5. The zero-order valence-corrected chi connectivity index (χ0v) is 9.22. The third-order valence-electron chi connectivity index (χ3n) is 1.30. The molecule has 0 aromatic carbocycles. The van der Waals surface area contributed by atoms with Crippen LogP contribution < -0.4 is 0 Å². The molecule has 0 saturated heterocycles. The van der Waals surface area contributed by atoms with Gasteiger partial charge in [-0.15, -0.1) is 0 Å². The largest absolute Gasteiger partial charge is 0.353 e. The molecule has 12 heavy (non-hydrogen) atoms. The number of rotatable bonds is 5. The van der Waals surface area contributed by atoms with E-state index in [1.54, 1.807) is 0 Å². The predicted molar refractivity (Wildman–Crippen MR) is 53.3 cm³/mol. The van der Waals surface area contributed by atoms with Crippen molar-refractivity contribution in [2.75, 3.05) is 13.2 Å². The van der Waals surface area contributed by atoms with Gasteiger partial charge in [0.15, 0.2) is 6.29 Å². The lowest BCUT2D eigenvalue weighted by Gasteiger charge is -2.09. The average molecular weight is 176 g/mol. The second-order valence-corrected chi connectivity index (χ2v) is 2.48. The molecular formula is C10H24O2. The maximum absolute atomic E-state index is 5.06. The normalized spacial score (nSPS) is 9.50. The summed E-state index contributed by atoms with van der Waals surface area (Å²) in [6, 6.07) is 0. The molecule has 0 unspecified atom stereocenters. The molecule has 0 aliphatic heterocycles. The summed E-state index contributed by atoms with van der Waals surface area (Å²) in [4.78, 5) is 0. The molecule has 0 spiro atoms. The van der Waals surface area contributed by atoms with Gasteiger partial charge >= 0.3 is 0 Å². The van der Waals surface area contributed by atoms with E-state index in [2.05, 4.69) is 13.8 Å². The maximum Gasteiger partial charge on any atom is 0.154 e. The topological polar surface area (TPSA) is 18.5 Å². The number of hydrogen-bond donors (Lipinski definition) is 0. The smallest absolute Gasteiger partial charge is 0.154 e. The van der Waals surface area contributed by atoms with E-state index in [1.165, 1.54) is 12.8 Å². The fraction of sp³-hybridized carbons (Fsp3) is 1.00. The lowest BCUT2D eigenvalue weighted by molar-refractivity contribution is -0.123. The molecule has 0 aromatic rings. The van der Waals surface area contributed by atoms with Crippen molar-refractivity contribution in [1.82, 2.24) is 0 Å². The summed E-state index contributed by atoms with van der Waals surface area (Å²) in [5.74, 6) is 0. The Labute approximate surface area is 77.3 Å². The monoisotopic (exact) mass is 176 g/mol. The first-order valence-electron chi connectivity index (χ1n) is 4.95. The Kier molecular flexibility index (Phi) is 16.3. The van der Waals surface area contributed by atoms with Gasteiger partial charge in [0.1, 0.15) is 0 Å². The van der Waals surface area contributed by atoms with Gasteiger partial charge in [-0.05, 0) is 20.8 Å². The first-order chi connectivity index (χ1) is 5.72. The van der Waals surface area contributed by atoms with Gasteiger partial charge in [0.25, 0.3) is 0 Å². The molecule has 0 atom stereocenters. The quantitative estimate of drug-likeness (QED) is 0.599. The molecule has 0 bridgehead atoms. The van der Waals surface area contributed by atoms with Crippen LogP contribution in [0.1, 0.15) is 47.5 Å². The first-order valence-corrected chi connectivity index (χ1v) is 4.95. The highest BCUT2D eigenvalue weighted by Crippen LogP contribution is 1.90. The number of ether oxygens (including phenoxy) is 2. The summed E-state index contributed by atoms with van der Waals surface area (Å²) >= 11 is 0. The van der Waals surface area contributed by atoms with Crippen molar-refractivity contribution in [1.29, 1.82) is 0 Å². The molecule has 0 aliphatic rings. The Hall–Kier alpha value is -0.0800. The maximum atomic E-state index is 5.06. The van der Waals surface area contributed by atoms with E-state index in [0.29, 0.717) is 0 Å². The van der Waals surface area contributed by atoms with Crippen molar-refractivity contribution >= 4 is 0 Å². The van der Waals surface area contributed by atoms with Gasteiger partial charge in [0.05, 0.1) is 0 Å². The van der Waals surface area contributed by atoms with Crippen molar-refractivity contribution in [2.24, 2.45) is 0 Å². The Morgan fingerprint density at radius 2 is 1.17 bits per heavy atom. The van der Waals surface area contributed by atoms with Crippen molar-refractivity contribution in [3.8, 4) is 0 Å². The Morgan fingerprint density at radius 1 is 0.833 bits per heavy atom. The zero-order chi connectivity index (χ0) is 9.82. The molecular weight excluding hydrogens is 152 g/mol. The van der Waals surface area contributed by atoms with Crippen LogP contribution in [0.15, 0.2) is 0 Å². The number of unbranched alkanes of at least 4 members (excludes halogenated alkanes) is 1. The van der Waals surface area contributed by atoms with Crippen LogP contribution in [0.4, 0.5) is 0 Å². The van der Waals surface area contributed by atoms with Crippen molar-refractivity contribution in [3.05, 3.63) is 0 Å². The zero-order valence-electron chi connectivity index (χ0n) is 9.22. The molecule has 0 heterocycles. The van der Waals surface area contributed by atoms with E-state index in [0.717, 1.165) is 13.2 Å². The van der Waals surface area contributed by atoms with E-state index >= 15 is 0 Å². The van der Waals surface area contributed by atoms with Crippen LogP contribution >= 0.6 is 0 Å².